The van der Waals surface area contributed by atoms with E-state index in [9.17, 15) is 4.91 Å². The van der Waals surface area contributed by atoms with Gasteiger partial charge in [-0.05, 0) is 15.9 Å². The van der Waals surface area contributed by atoms with E-state index in [1.165, 1.54) is 11.0 Å². The Morgan fingerprint density at radius 2 is 1.95 bits per heavy atom. The second-order valence-electron chi connectivity index (χ2n) is 3.79. The van der Waals surface area contributed by atoms with Crippen LogP contribution in [0, 0.1) is 4.91 Å². The van der Waals surface area contributed by atoms with Crippen LogP contribution in [0.25, 0.3) is 11.0 Å². The topological polar surface area (TPSA) is 50.8 Å². The van der Waals surface area contributed by atoms with Gasteiger partial charge in [0.2, 0.25) is 5.65 Å². The predicted octanol–water partition coefficient (Wildman–Crippen LogP) is 3.58. The van der Waals surface area contributed by atoms with E-state index < -0.39 is 0 Å². The Bertz CT molecular complexity index is 772. The molecule has 0 radical (unpaired) electrons. The van der Waals surface area contributed by atoms with Crippen LogP contribution in [0.1, 0.15) is 0 Å². The van der Waals surface area contributed by atoms with Crippen molar-refractivity contribution in [1.82, 2.24) is 19.5 Å². The number of hydrogen-bond donors (Lipinski definition) is 0. The Kier molecular flexibility index (Phi) is 3.04. The van der Waals surface area contributed by atoms with Gasteiger partial charge >= 0.3 is 0 Å². The van der Waals surface area contributed by atoms with Crippen LogP contribution in [-0.2, 0) is 0 Å². The van der Waals surface area contributed by atoms with Gasteiger partial charge in [0.15, 0.2) is 4.87 Å². The Morgan fingerprint density at radius 3 is 2.68 bits per heavy atom. The zero-order valence-electron chi connectivity index (χ0n) is 9.49. The van der Waals surface area contributed by atoms with Crippen molar-refractivity contribution in [3.05, 3.63) is 57.4 Å². The summed E-state index contributed by atoms with van der Waals surface area (Å²) in [6.07, 6.45) is 2.94. The lowest BCUT2D eigenvalue weighted by Gasteiger charge is -1.95. The summed E-state index contributed by atoms with van der Waals surface area (Å²) in [5, 5.41) is 0.915. The van der Waals surface area contributed by atoms with Gasteiger partial charge in [0, 0.05) is 12.1 Å². The normalized spacial score (nSPS) is 10.8. The Hall–Kier alpha value is -1.79. The van der Waals surface area contributed by atoms with Gasteiger partial charge in [0.05, 0.1) is 21.0 Å². The molecule has 2 heterocycles. The molecule has 0 amide bonds. The number of nitroso groups, excluding NO2 is 1. The maximum atomic E-state index is 12.3. The molecule has 0 bridgehead atoms. The first kappa shape index (κ1) is 12.3. The summed E-state index contributed by atoms with van der Waals surface area (Å²) < 4.78 is 2.05. The number of aromatic nitrogens is 3. The minimum Gasteiger partial charge on any atom is -0.224 e. The fourth-order valence-corrected chi connectivity index (χ4v) is 2.69. The average Bonchev–Trinajstić information content (AvgIpc) is 2.78. The molecule has 0 spiro atoms. The van der Waals surface area contributed by atoms with E-state index in [1.807, 2.05) is 6.07 Å². The van der Waals surface area contributed by atoms with Crippen molar-refractivity contribution in [2.24, 2.45) is 0 Å². The van der Waals surface area contributed by atoms with E-state index in [0.29, 0.717) is 26.3 Å². The van der Waals surface area contributed by atoms with Crippen LogP contribution in [0.2, 0.25) is 5.15 Å². The first-order chi connectivity index (χ1) is 9.18. The van der Waals surface area contributed by atoms with E-state index in [2.05, 4.69) is 25.9 Å². The first-order valence-corrected chi connectivity index (χ1v) is 6.55. The lowest BCUT2D eigenvalue weighted by atomic mass is 10.3. The van der Waals surface area contributed by atoms with E-state index >= 15 is 0 Å². The SMILES string of the molecule is O=[N+](c1ccccc1)n1cc(Br)c2c(Cl)ncnc21. The van der Waals surface area contributed by atoms with Crippen LogP contribution in [0.4, 0.5) is 5.69 Å². The molecule has 0 fully saturated rings. The van der Waals surface area contributed by atoms with E-state index in [0.717, 1.165) is 4.87 Å². The number of para-hydroxylation sites is 1. The molecule has 0 unspecified atom stereocenters. The summed E-state index contributed by atoms with van der Waals surface area (Å²) >= 11 is 9.37. The standard InChI is InChI=1S/C12H7BrClN4O/c13-9-6-17(12-10(9)11(14)15-7-16-12)18(19)8-4-2-1-3-5-8/h1-7H/q+1. The molecule has 7 heteroatoms. The third kappa shape index (κ3) is 2.02. The highest BCUT2D eigenvalue weighted by Gasteiger charge is 2.23. The molecule has 2 aromatic heterocycles. The van der Waals surface area contributed by atoms with Gasteiger partial charge in [-0.2, -0.15) is 0 Å². The third-order valence-electron chi connectivity index (χ3n) is 2.65. The van der Waals surface area contributed by atoms with Crippen LogP contribution in [0.3, 0.4) is 0 Å². The zero-order valence-corrected chi connectivity index (χ0v) is 11.8. The van der Waals surface area contributed by atoms with Gasteiger partial charge in [0.25, 0.3) is 5.69 Å². The Morgan fingerprint density at radius 1 is 1.21 bits per heavy atom. The highest BCUT2D eigenvalue weighted by Crippen LogP contribution is 2.30. The number of hydrogen-bond acceptors (Lipinski definition) is 3. The number of halogens is 2. The van der Waals surface area contributed by atoms with Crippen LogP contribution < -0.4 is 4.87 Å². The third-order valence-corrected chi connectivity index (χ3v) is 3.53. The molecule has 0 saturated carbocycles. The number of fused-ring (bicyclic) bond motifs is 1. The molecule has 1 aromatic carbocycles. The highest BCUT2D eigenvalue weighted by atomic mass is 79.9. The van der Waals surface area contributed by atoms with E-state index in [4.69, 9.17) is 11.6 Å². The van der Waals surface area contributed by atoms with Crippen LogP contribution in [-0.4, -0.2) is 14.6 Å². The minimum absolute atomic E-state index is 0.303. The van der Waals surface area contributed by atoms with Crippen LogP contribution in [0.15, 0.2) is 47.3 Å². The van der Waals surface area contributed by atoms with Crippen LogP contribution in [0.5, 0.6) is 0 Å². The highest BCUT2D eigenvalue weighted by molar-refractivity contribution is 9.10. The molecule has 3 rings (SSSR count). The van der Waals surface area contributed by atoms with Crippen LogP contribution >= 0.6 is 27.5 Å². The van der Waals surface area contributed by atoms with Gasteiger partial charge in [-0.3, -0.25) is 0 Å². The van der Waals surface area contributed by atoms with E-state index in [1.54, 1.807) is 30.5 Å². The summed E-state index contributed by atoms with van der Waals surface area (Å²) in [6.45, 7) is 0. The van der Waals surface area contributed by atoms with Crippen molar-refractivity contribution in [2.45, 2.75) is 0 Å². The smallest absolute Gasteiger partial charge is 0.224 e. The van der Waals surface area contributed by atoms with Crippen molar-refractivity contribution >= 4 is 44.3 Å². The summed E-state index contributed by atoms with van der Waals surface area (Å²) in [5.74, 6) is 0. The zero-order chi connectivity index (χ0) is 13.4. The second-order valence-corrected chi connectivity index (χ2v) is 5.01. The molecular formula is C12H7BrClN4O+. The lowest BCUT2D eigenvalue weighted by Crippen LogP contribution is -2.14. The lowest BCUT2D eigenvalue weighted by molar-refractivity contribution is 0.654. The van der Waals surface area contributed by atoms with Gasteiger partial charge in [0.1, 0.15) is 11.5 Å². The van der Waals surface area contributed by atoms with Gasteiger partial charge in [-0.25, -0.2) is 9.97 Å². The maximum Gasteiger partial charge on any atom is 0.293 e. The first-order valence-electron chi connectivity index (χ1n) is 5.38. The van der Waals surface area contributed by atoms with Crippen molar-refractivity contribution in [3.63, 3.8) is 0 Å². The van der Waals surface area contributed by atoms with E-state index in [-0.39, 0.29) is 0 Å². The molecule has 0 saturated heterocycles. The fraction of sp³-hybridized carbons (Fsp3) is 0. The minimum atomic E-state index is 0.303. The maximum absolute atomic E-state index is 12.3. The quantitative estimate of drug-likeness (QED) is 0.530. The molecule has 19 heavy (non-hydrogen) atoms. The predicted molar refractivity (Wildman–Crippen MR) is 77.2 cm³/mol. The molecule has 94 valence electrons. The molecule has 3 aromatic rings. The van der Waals surface area contributed by atoms with Crippen molar-refractivity contribution in [1.29, 1.82) is 0 Å². The summed E-state index contributed by atoms with van der Waals surface area (Å²) in [5.41, 5.74) is 0.951. The summed E-state index contributed by atoms with van der Waals surface area (Å²) in [7, 11) is 0. The molecule has 5 nitrogen and oxygen atoms in total. The average molecular weight is 339 g/mol. The summed E-state index contributed by atoms with van der Waals surface area (Å²) in [6, 6.07) is 8.87. The Labute approximate surface area is 121 Å². The largest absolute Gasteiger partial charge is 0.293 e. The van der Waals surface area contributed by atoms with Crippen molar-refractivity contribution in [3.8, 4) is 0 Å². The number of benzene rings is 1. The Balaban J connectivity index is 2.22. The fourth-order valence-electron chi connectivity index (χ4n) is 1.79. The number of rotatable bonds is 2. The van der Waals surface area contributed by atoms with Gasteiger partial charge in [-0.1, -0.05) is 34.5 Å². The molecule has 0 atom stereocenters. The second kappa shape index (κ2) is 4.71. The summed E-state index contributed by atoms with van der Waals surface area (Å²) in [4.78, 5) is 21.1. The monoisotopic (exact) mass is 337 g/mol. The molecule has 0 aliphatic heterocycles. The van der Waals surface area contributed by atoms with Gasteiger partial charge < -0.3 is 0 Å². The molecular weight excluding hydrogens is 332 g/mol. The van der Waals surface area contributed by atoms with Gasteiger partial charge in [-0.15, -0.1) is 0 Å². The van der Waals surface area contributed by atoms with Crippen molar-refractivity contribution in [2.75, 3.05) is 0 Å². The number of nitrogens with zero attached hydrogens (tertiary/aromatic N) is 4. The van der Waals surface area contributed by atoms with Crippen molar-refractivity contribution < 1.29 is 0 Å². The molecule has 0 aliphatic rings. The molecule has 0 N–H and O–H groups in total. The molecule has 0 aliphatic carbocycles.